The zero-order valence-electron chi connectivity index (χ0n) is 12.0. The highest BCUT2D eigenvalue weighted by atomic mass is 19.1. The average Bonchev–Trinajstić information content (AvgIpc) is 2.49. The minimum Gasteiger partial charge on any atom is -0.354 e. The Kier molecular flexibility index (Phi) is 5.06. The van der Waals surface area contributed by atoms with Gasteiger partial charge >= 0.3 is 0 Å². The largest absolute Gasteiger partial charge is 0.354 e. The molecule has 4 heteroatoms. The molecule has 0 saturated carbocycles. The number of hydrogen-bond donors (Lipinski definition) is 2. The Morgan fingerprint density at radius 3 is 2.62 bits per heavy atom. The number of halogens is 1. The predicted octanol–water partition coefficient (Wildman–Crippen LogP) is 2.49. The van der Waals surface area contributed by atoms with Crippen LogP contribution in [0.4, 0.5) is 4.39 Å². The molecule has 21 heavy (non-hydrogen) atoms. The molecule has 2 aromatic rings. The summed E-state index contributed by atoms with van der Waals surface area (Å²) in [5.74, 6) is -0.452. The van der Waals surface area contributed by atoms with Crippen LogP contribution in [0.2, 0.25) is 0 Å². The molecule has 3 nitrogen and oxygen atoms in total. The van der Waals surface area contributed by atoms with Crippen molar-refractivity contribution in [2.24, 2.45) is 5.73 Å². The maximum absolute atomic E-state index is 13.0. The van der Waals surface area contributed by atoms with E-state index in [0.29, 0.717) is 13.0 Å². The van der Waals surface area contributed by atoms with Crippen LogP contribution in [0.15, 0.2) is 48.5 Å². The van der Waals surface area contributed by atoms with Crippen molar-refractivity contribution in [2.75, 3.05) is 6.54 Å². The zero-order chi connectivity index (χ0) is 15.2. The van der Waals surface area contributed by atoms with Crippen molar-refractivity contribution in [3.8, 4) is 0 Å². The summed E-state index contributed by atoms with van der Waals surface area (Å²) in [6.45, 7) is 2.34. The van der Waals surface area contributed by atoms with Crippen LogP contribution in [-0.4, -0.2) is 12.5 Å². The molecule has 2 rings (SSSR count). The van der Waals surface area contributed by atoms with E-state index in [1.165, 1.54) is 12.1 Å². The van der Waals surface area contributed by atoms with E-state index < -0.39 is 6.04 Å². The van der Waals surface area contributed by atoms with Gasteiger partial charge in [-0.25, -0.2) is 4.39 Å². The molecule has 0 radical (unpaired) electrons. The van der Waals surface area contributed by atoms with Crippen LogP contribution in [0.25, 0.3) is 0 Å². The van der Waals surface area contributed by atoms with Crippen LogP contribution in [0, 0.1) is 12.7 Å². The molecule has 3 N–H and O–H groups in total. The van der Waals surface area contributed by atoms with Gasteiger partial charge in [0.15, 0.2) is 0 Å². The van der Waals surface area contributed by atoms with Gasteiger partial charge in [0, 0.05) is 6.54 Å². The van der Waals surface area contributed by atoms with E-state index >= 15 is 0 Å². The first-order valence-electron chi connectivity index (χ1n) is 6.91. The summed E-state index contributed by atoms with van der Waals surface area (Å²) in [7, 11) is 0. The zero-order valence-corrected chi connectivity index (χ0v) is 12.0. The first-order valence-corrected chi connectivity index (χ1v) is 6.91. The van der Waals surface area contributed by atoms with E-state index in [0.717, 1.165) is 16.7 Å². The van der Waals surface area contributed by atoms with Crippen LogP contribution in [0.3, 0.4) is 0 Å². The normalized spacial score (nSPS) is 12.0. The molecule has 0 saturated heterocycles. The SMILES string of the molecule is Cc1cc(F)ccc1CCNC(=O)[C@H](N)c1ccccc1. The second-order valence-electron chi connectivity index (χ2n) is 5.00. The van der Waals surface area contributed by atoms with Gasteiger partial charge in [0.05, 0.1) is 0 Å². The molecular formula is C17H19FN2O. The predicted molar refractivity (Wildman–Crippen MR) is 81.2 cm³/mol. The molecule has 0 spiro atoms. The quantitative estimate of drug-likeness (QED) is 0.887. The first-order chi connectivity index (χ1) is 10.1. The second-order valence-corrected chi connectivity index (χ2v) is 5.00. The molecule has 1 atom stereocenters. The van der Waals surface area contributed by atoms with Gasteiger partial charge in [-0.1, -0.05) is 36.4 Å². The summed E-state index contributed by atoms with van der Waals surface area (Å²) < 4.78 is 13.0. The summed E-state index contributed by atoms with van der Waals surface area (Å²) in [4.78, 5) is 12.0. The number of amides is 1. The van der Waals surface area contributed by atoms with Crippen LogP contribution < -0.4 is 11.1 Å². The molecule has 0 heterocycles. The lowest BCUT2D eigenvalue weighted by atomic mass is 10.0. The Balaban J connectivity index is 1.87. The number of nitrogens with two attached hydrogens (primary N) is 1. The maximum Gasteiger partial charge on any atom is 0.241 e. The van der Waals surface area contributed by atoms with Crippen LogP contribution in [0.1, 0.15) is 22.7 Å². The van der Waals surface area contributed by atoms with Gasteiger partial charge in [0.2, 0.25) is 5.91 Å². The second kappa shape index (κ2) is 6.99. The molecule has 0 unspecified atom stereocenters. The summed E-state index contributed by atoms with van der Waals surface area (Å²) in [6.07, 6.45) is 0.652. The van der Waals surface area contributed by atoms with Gasteiger partial charge in [-0.15, -0.1) is 0 Å². The number of hydrogen-bond acceptors (Lipinski definition) is 2. The molecule has 0 bridgehead atoms. The number of benzene rings is 2. The molecule has 0 aliphatic rings. The van der Waals surface area contributed by atoms with Crippen molar-refractivity contribution in [2.45, 2.75) is 19.4 Å². The van der Waals surface area contributed by atoms with E-state index in [2.05, 4.69) is 5.32 Å². The molecular weight excluding hydrogens is 267 g/mol. The summed E-state index contributed by atoms with van der Waals surface area (Å²) in [6, 6.07) is 13.2. The minimum absolute atomic E-state index is 0.207. The fourth-order valence-corrected chi connectivity index (χ4v) is 2.18. The third kappa shape index (κ3) is 4.13. The molecule has 0 aliphatic carbocycles. The van der Waals surface area contributed by atoms with Crippen molar-refractivity contribution in [1.29, 1.82) is 0 Å². The van der Waals surface area contributed by atoms with Crippen LogP contribution in [0.5, 0.6) is 0 Å². The fourth-order valence-electron chi connectivity index (χ4n) is 2.18. The Hall–Kier alpha value is -2.20. The molecule has 1 amide bonds. The van der Waals surface area contributed by atoms with Gasteiger partial charge in [-0.3, -0.25) is 4.79 Å². The van der Waals surface area contributed by atoms with Gasteiger partial charge in [-0.2, -0.15) is 0 Å². The number of rotatable bonds is 5. The van der Waals surface area contributed by atoms with Crippen LogP contribution >= 0.6 is 0 Å². The van der Waals surface area contributed by atoms with Gasteiger partial charge in [0.1, 0.15) is 11.9 Å². The maximum atomic E-state index is 13.0. The number of carbonyl (C=O) groups excluding carboxylic acids is 1. The van der Waals surface area contributed by atoms with E-state index in [1.807, 2.05) is 37.3 Å². The van der Waals surface area contributed by atoms with E-state index in [9.17, 15) is 9.18 Å². The van der Waals surface area contributed by atoms with Crippen LogP contribution in [-0.2, 0) is 11.2 Å². The van der Waals surface area contributed by atoms with Gasteiger partial charge in [-0.05, 0) is 42.2 Å². The first kappa shape index (κ1) is 15.2. The van der Waals surface area contributed by atoms with E-state index in [1.54, 1.807) is 6.07 Å². The summed E-state index contributed by atoms with van der Waals surface area (Å²) in [5.41, 5.74) is 8.60. The Morgan fingerprint density at radius 2 is 1.95 bits per heavy atom. The molecule has 0 aromatic heterocycles. The van der Waals surface area contributed by atoms with Crippen molar-refractivity contribution in [3.05, 3.63) is 71.0 Å². The minimum atomic E-state index is -0.666. The molecule has 0 fully saturated rings. The molecule has 2 aromatic carbocycles. The van der Waals surface area contributed by atoms with Crippen molar-refractivity contribution in [1.82, 2.24) is 5.32 Å². The average molecular weight is 286 g/mol. The standard InChI is InChI=1S/C17H19FN2O/c1-12-11-15(18)8-7-13(12)9-10-20-17(21)16(19)14-5-3-2-4-6-14/h2-8,11,16H,9-10,19H2,1H3,(H,20,21)/t16-/m1/s1. The molecule has 0 aliphatic heterocycles. The van der Waals surface area contributed by atoms with E-state index in [-0.39, 0.29) is 11.7 Å². The third-order valence-electron chi connectivity index (χ3n) is 3.44. The lowest BCUT2D eigenvalue weighted by Gasteiger charge is -2.13. The highest BCUT2D eigenvalue weighted by molar-refractivity contribution is 5.82. The Labute approximate surface area is 124 Å². The Bertz CT molecular complexity index is 613. The third-order valence-corrected chi connectivity index (χ3v) is 3.44. The highest BCUT2D eigenvalue weighted by Crippen LogP contribution is 2.11. The summed E-state index contributed by atoms with van der Waals surface area (Å²) >= 11 is 0. The van der Waals surface area contributed by atoms with E-state index in [4.69, 9.17) is 5.73 Å². The Morgan fingerprint density at radius 1 is 1.24 bits per heavy atom. The van der Waals surface area contributed by atoms with Crippen molar-refractivity contribution >= 4 is 5.91 Å². The van der Waals surface area contributed by atoms with Gasteiger partial charge < -0.3 is 11.1 Å². The lowest BCUT2D eigenvalue weighted by molar-refractivity contribution is -0.122. The lowest BCUT2D eigenvalue weighted by Crippen LogP contribution is -2.35. The molecule has 110 valence electrons. The number of aryl methyl sites for hydroxylation is 1. The van der Waals surface area contributed by atoms with Crippen molar-refractivity contribution in [3.63, 3.8) is 0 Å². The number of carbonyl (C=O) groups is 1. The highest BCUT2D eigenvalue weighted by Gasteiger charge is 2.14. The monoisotopic (exact) mass is 286 g/mol. The van der Waals surface area contributed by atoms with Crippen molar-refractivity contribution < 1.29 is 9.18 Å². The number of nitrogens with one attached hydrogen (secondary N) is 1. The smallest absolute Gasteiger partial charge is 0.241 e. The fraction of sp³-hybridized carbons (Fsp3) is 0.235. The van der Waals surface area contributed by atoms with Gasteiger partial charge in [0.25, 0.3) is 0 Å². The summed E-state index contributed by atoms with van der Waals surface area (Å²) in [5, 5.41) is 2.81. The topological polar surface area (TPSA) is 55.1 Å².